The Balaban J connectivity index is 2.02. The Morgan fingerprint density at radius 2 is 0.914 bits per heavy atom. The van der Waals surface area contributed by atoms with Gasteiger partial charge in [0, 0.05) is 58.9 Å². The lowest BCUT2D eigenvalue weighted by Crippen LogP contribution is -2.51. The van der Waals surface area contributed by atoms with E-state index in [1.54, 1.807) is 0 Å². The summed E-state index contributed by atoms with van der Waals surface area (Å²) in [4.78, 5) is 55.3. The number of hydrogen-bond acceptors (Lipinski definition) is 8. The third-order valence-electron chi connectivity index (χ3n) is 6.75. The summed E-state index contributed by atoms with van der Waals surface area (Å²) in [6.07, 6.45) is 6.08. The van der Waals surface area contributed by atoms with Crippen molar-refractivity contribution in [2.24, 2.45) is 23.1 Å². The standard InChI is InChI=1S/C23H44N8O4/c24-20(32)15-28-6-8-29(16-21(25)33)10-12-31(13-11-30(9-7-28)17-22(26)34)18-23(35)27-14-19-4-2-1-3-5-19/h19H,1-18H2,(H2,24,32)(H2,25,33)(H2,26,34)(H,27,35). The lowest BCUT2D eigenvalue weighted by atomic mass is 9.89. The van der Waals surface area contributed by atoms with Crippen molar-refractivity contribution in [2.45, 2.75) is 32.1 Å². The van der Waals surface area contributed by atoms with Gasteiger partial charge in [-0.3, -0.25) is 38.8 Å². The Hall–Kier alpha value is -2.28. The molecule has 0 aromatic carbocycles. The van der Waals surface area contributed by atoms with Crippen molar-refractivity contribution in [3.8, 4) is 0 Å². The molecule has 2 rings (SSSR count). The number of nitrogens with two attached hydrogens (primary N) is 3. The highest BCUT2D eigenvalue weighted by atomic mass is 16.2. The molecule has 1 heterocycles. The molecule has 7 N–H and O–H groups in total. The fourth-order valence-electron chi connectivity index (χ4n) is 4.78. The van der Waals surface area contributed by atoms with Gasteiger partial charge in [-0.2, -0.15) is 0 Å². The van der Waals surface area contributed by atoms with Gasteiger partial charge in [-0.15, -0.1) is 0 Å². The van der Waals surface area contributed by atoms with Crippen LogP contribution in [0.5, 0.6) is 0 Å². The van der Waals surface area contributed by atoms with Crippen LogP contribution in [0.25, 0.3) is 0 Å². The number of primary amides is 3. The minimum absolute atomic E-state index is 0.0156. The lowest BCUT2D eigenvalue weighted by molar-refractivity contribution is -0.123. The summed E-state index contributed by atoms with van der Waals surface area (Å²) in [6.45, 7) is 5.51. The summed E-state index contributed by atoms with van der Waals surface area (Å²) < 4.78 is 0. The van der Waals surface area contributed by atoms with Crippen molar-refractivity contribution in [1.29, 1.82) is 0 Å². The van der Waals surface area contributed by atoms with E-state index in [4.69, 9.17) is 17.2 Å². The zero-order valence-electron chi connectivity index (χ0n) is 21.0. The Bertz CT molecular complexity index is 669. The van der Waals surface area contributed by atoms with E-state index >= 15 is 0 Å². The Kier molecular flexibility index (Phi) is 13.0. The molecule has 1 aliphatic carbocycles. The Morgan fingerprint density at radius 1 is 0.571 bits per heavy atom. The Labute approximate surface area is 208 Å². The molecule has 1 saturated heterocycles. The number of rotatable bonds is 10. The molecule has 1 aliphatic heterocycles. The van der Waals surface area contributed by atoms with Crippen LogP contribution in [-0.4, -0.2) is 128 Å². The molecule has 200 valence electrons. The van der Waals surface area contributed by atoms with E-state index in [1.165, 1.54) is 32.1 Å². The van der Waals surface area contributed by atoms with Crippen LogP contribution in [0.3, 0.4) is 0 Å². The zero-order chi connectivity index (χ0) is 25.6. The first-order chi connectivity index (χ1) is 16.7. The molecular weight excluding hydrogens is 452 g/mol. The second-order valence-electron chi connectivity index (χ2n) is 9.81. The smallest absolute Gasteiger partial charge is 0.234 e. The summed E-state index contributed by atoms with van der Waals surface area (Å²) in [7, 11) is 0. The van der Waals surface area contributed by atoms with Crippen LogP contribution in [0.15, 0.2) is 0 Å². The van der Waals surface area contributed by atoms with Crippen molar-refractivity contribution in [3.05, 3.63) is 0 Å². The predicted molar refractivity (Wildman–Crippen MR) is 133 cm³/mol. The fourth-order valence-corrected chi connectivity index (χ4v) is 4.78. The first-order valence-electron chi connectivity index (χ1n) is 12.7. The van der Waals surface area contributed by atoms with Gasteiger partial charge in [-0.05, 0) is 18.8 Å². The molecule has 12 heteroatoms. The van der Waals surface area contributed by atoms with Crippen LogP contribution in [-0.2, 0) is 19.2 Å². The predicted octanol–water partition coefficient (Wildman–Crippen LogP) is -2.64. The molecular formula is C23H44N8O4. The van der Waals surface area contributed by atoms with E-state index in [2.05, 4.69) is 5.32 Å². The molecule has 35 heavy (non-hydrogen) atoms. The van der Waals surface area contributed by atoms with E-state index < -0.39 is 17.7 Å². The molecule has 0 spiro atoms. The highest BCUT2D eigenvalue weighted by molar-refractivity contribution is 5.78. The molecule has 0 radical (unpaired) electrons. The molecule has 2 aliphatic rings. The summed E-state index contributed by atoms with van der Waals surface area (Å²) in [5.74, 6) is -0.756. The van der Waals surface area contributed by atoms with Gasteiger partial charge >= 0.3 is 0 Å². The molecule has 0 aromatic heterocycles. The lowest BCUT2D eigenvalue weighted by Gasteiger charge is -2.33. The molecule has 1 saturated carbocycles. The van der Waals surface area contributed by atoms with Crippen molar-refractivity contribution in [1.82, 2.24) is 24.9 Å². The quantitative estimate of drug-likeness (QED) is 0.254. The van der Waals surface area contributed by atoms with Gasteiger partial charge in [-0.25, -0.2) is 0 Å². The average molecular weight is 497 g/mol. The maximum atomic E-state index is 12.7. The average Bonchev–Trinajstić information content (AvgIpc) is 2.79. The highest BCUT2D eigenvalue weighted by Crippen LogP contribution is 2.22. The van der Waals surface area contributed by atoms with Crippen molar-refractivity contribution < 1.29 is 19.2 Å². The number of amides is 4. The Morgan fingerprint density at radius 3 is 1.26 bits per heavy atom. The summed E-state index contributed by atoms with van der Waals surface area (Å²) >= 11 is 0. The normalized spacial score (nSPS) is 21.0. The van der Waals surface area contributed by atoms with Gasteiger partial charge in [-0.1, -0.05) is 19.3 Å². The van der Waals surface area contributed by atoms with E-state index in [-0.39, 0.29) is 32.1 Å². The fraction of sp³-hybridized carbons (Fsp3) is 0.826. The van der Waals surface area contributed by atoms with E-state index in [0.717, 1.165) is 0 Å². The van der Waals surface area contributed by atoms with Gasteiger partial charge in [0.05, 0.1) is 26.2 Å². The molecule has 0 unspecified atom stereocenters. The van der Waals surface area contributed by atoms with Gasteiger partial charge < -0.3 is 22.5 Å². The van der Waals surface area contributed by atoms with Crippen LogP contribution in [0.1, 0.15) is 32.1 Å². The summed E-state index contributed by atoms with van der Waals surface area (Å²) in [5, 5.41) is 3.09. The maximum Gasteiger partial charge on any atom is 0.234 e. The molecule has 0 bridgehead atoms. The third kappa shape index (κ3) is 12.8. The third-order valence-corrected chi connectivity index (χ3v) is 6.75. The number of carbonyl (C=O) groups is 4. The van der Waals surface area contributed by atoms with Gasteiger partial charge in [0.1, 0.15) is 0 Å². The molecule has 0 aromatic rings. The molecule has 0 atom stereocenters. The van der Waals surface area contributed by atoms with E-state index in [0.29, 0.717) is 64.8 Å². The van der Waals surface area contributed by atoms with Gasteiger partial charge in [0.25, 0.3) is 0 Å². The van der Waals surface area contributed by atoms with E-state index in [1.807, 2.05) is 19.6 Å². The number of nitrogens with one attached hydrogen (secondary N) is 1. The minimum atomic E-state index is -0.439. The van der Waals surface area contributed by atoms with Crippen LogP contribution in [0.4, 0.5) is 0 Å². The van der Waals surface area contributed by atoms with Crippen LogP contribution < -0.4 is 22.5 Å². The first-order valence-corrected chi connectivity index (χ1v) is 12.7. The van der Waals surface area contributed by atoms with Crippen LogP contribution in [0, 0.1) is 5.92 Å². The van der Waals surface area contributed by atoms with Crippen LogP contribution >= 0.6 is 0 Å². The second kappa shape index (κ2) is 15.7. The first kappa shape index (κ1) is 29.0. The van der Waals surface area contributed by atoms with Gasteiger partial charge in [0.15, 0.2) is 0 Å². The number of carbonyl (C=O) groups excluding carboxylic acids is 4. The number of hydrogen-bond donors (Lipinski definition) is 4. The minimum Gasteiger partial charge on any atom is -0.369 e. The molecule has 12 nitrogen and oxygen atoms in total. The van der Waals surface area contributed by atoms with E-state index in [9.17, 15) is 19.2 Å². The second-order valence-corrected chi connectivity index (χ2v) is 9.81. The molecule has 4 amide bonds. The van der Waals surface area contributed by atoms with Crippen molar-refractivity contribution >= 4 is 23.6 Å². The highest BCUT2D eigenvalue weighted by Gasteiger charge is 2.21. The summed E-state index contributed by atoms with van der Waals surface area (Å²) in [5.41, 5.74) is 16.3. The number of nitrogens with zero attached hydrogens (tertiary/aromatic N) is 4. The monoisotopic (exact) mass is 496 g/mol. The molecule has 2 fully saturated rings. The maximum absolute atomic E-state index is 12.7. The van der Waals surface area contributed by atoms with Crippen molar-refractivity contribution in [2.75, 3.05) is 85.1 Å². The van der Waals surface area contributed by atoms with Crippen molar-refractivity contribution in [3.63, 3.8) is 0 Å². The van der Waals surface area contributed by atoms with Gasteiger partial charge in [0.2, 0.25) is 23.6 Å². The SMILES string of the molecule is NC(=O)CN1CCN(CC(N)=O)CCN(CC(=O)NCC2CCCCC2)CCN(CC(N)=O)CC1. The zero-order valence-corrected chi connectivity index (χ0v) is 21.0. The topological polar surface area (TPSA) is 171 Å². The largest absolute Gasteiger partial charge is 0.369 e. The van der Waals surface area contributed by atoms with Crippen LogP contribution in [0.2, 0.25) is 0 Å². The summed E-state index contributed by atoms with van der Waals surface area (Å²) in [6, 6.07) is 0.